The van der Waals surface area contributed by atoms with Gasteiger partial charge in [-0.3, -0.25) is 14.4 Å². The molecule has 30 heavy (non-hydrogen) atoms. The minimum Gasteiger partial charge on any atom is -0.488 e. The zero-order valence-electron chi connectivity index (χ0n) is 16.3. The van der Waals surface area contributed by atoms with Crippen LogP contribution >= 0.6 is 11.6 Å². The zero-order chi connectivity index (χ0) is 21.7. The topological polar surface area (TPSA) is 101 Å². The van der Waals surface area contributed by atoms with Crippen LogP contribution in [0, 0.1) is 11.8 Å². The van der Waals surface area contributed by atoms with Gasteiger partial charge in [0.15, 0.2) is 5.78 Å². The van der Waals surface area contributed by atoms with E-state index in [1.54, 1.807) is 12.1 Å². The molecule has 0 bridgehead atoms. The molecule has 0 aliphatic heterocycles. The first-order valence-corrected chi connectivity index (χ1v) is 10.2. The predicted octanol–water partition coefficient (Wildman–Crippen LogP) is 4.62. The largest absolute Gasteiger partial charge is 0.488 e. The van der Waals surface area contributed by atoms with Gasteiger partial charge in [0, 0.05) is 24.3 Å². The summed E-state index contributed by atoms with van der Waals surface area (Å²) in [5.41, 5.74) is 2.14. The predicted molar refractivity (Wildman–Crippen MR) is 111 cm³/mol. The summed E-state index contributed by atoms with van der Waals surface area (Å²) < 4.78 is 5.90. The molecule has 6 nitrogen and oxygen atoms in total. The molecule has 1 unspecified atom stereocenters. The monoisotopic (exact) mass is 430 g/mol. The summed E-state index contributed by atoms with van der Waals surface area (Å²) >= 11 is 6.37. The molecule has 7 heteroatoms. The number of Topliss-reactive ketones (excluding diaryl/α,β-unsaturated/α-hetero) is 1. The Bertz CT molecular complexity index is 924. The van der Waals surface area contributed by atoms with E-state index in [1.807, 2.05) is 30.3 Å². The maximum atomic E-state index is 12.9. The summed E-state index contributed by atoms with van der Waals surface area (Å²) in [4.78, 5) is 35.1. The van der Waals surface area contributed by atoms with Gasteiger partial charge >= 0.3 is 11.9 Å². The van der Waals surface area contributed by atoms with Gasteiger partial charge in [-0.1, -0.05) is 41.9 Å². The molecule has 158 valence electrons. The number of aliphatic carboxylic acids is 2. The van der Waals surface area contributed by atoms with E-state index in [9.17, 15) is 14.4 Å². The van der Waals surface area contributed by atoms with Gasteiger partial charge in [0.05, 0.1) is 5.56 Å². The fourth-order valence-corrected chi connectivity index (χ4v) is 4.29. The minimum atomic E-state index is -1.04. The van der Waals surface area contributed by atoms with Crippen LogP contribution in [0.25, 0.3) is 0 Å². The van der Waals surface area contributed by atoms with Crippen LogP contribution in [0.2, 0.25) is 5.02 Å². The normalized spacial score (nSPS) is 15.7. The minimum absolute atomic E-state index is 0.115. The average molecular weight is 431 g/mol. The van der Waals surface area contributed by atoms with Crippen molar-refractivity contribution in [3.8, 4) is 5.75 Å². The van der Waals surface area contributed by atoms with Gasteiger partial charge in [-0.05, 0) is 47.9 Å². The van der Waals surface area contributed by atoms with Crippen LogP contribution in [-0.2, 0) is 22.6 Å². The number of ketones is 1. The van der Waals surface area contributed by atoms with E-state index < -0.39 is 17.9 Å². The second-order valence-electron chi connectivity index (χ2n) is 7.67. The second-order valence-corrected chi connectivity index (χ2v) is 8.08. The van der Waals surface area contributed by atoms with Crippen LogP contribution in [0.1, 0.15) is 47.2 Å². The van der Waals surface area contributed by atoms with Gasteiger partial charge in [0.1, 0.15) is 12.4 Å². The number of carboxylic acid groups (broad SMARTS) is 2. The number of carbonyl (C=O) groups excluding carboxylic acids is 1. The van der Waals surface area contributed by atoms with Crippen LogP contribution < -0.4 is 4.74 Å². The van der Waals surface area contributed by atoms with Crippen molar-refractivity contribution in [1.29, 1.82) is 0 Å². The summed E-state index contributed by atoms with van der Waals surface area (Å²) in [5.74, 6) is -2.41. The summed E-state index contributed by atoms with van der Waals surface area (Å²) in [6.07, 6.45) is 0.563. The van der Waals surface area contributed by atoms with E-state index in [1.165, 1.54) is 0 Å². The lowest BCUT2D eigenvalue weighted by molar-refractivity contribution is -0.140. The number of halogens is 1. The lowest BCUT2D eigenvalue weighted by Gasteiger charge is -2.28. The molecule has 0 fully saturated rings. The third-order valence-electron chi connectivity index (χ3n) is 5.29. The number of carbonyl (C=O) groups is 3. The Labute approximate surface area is 179 Å². The smallest absolute Gasteiger partial charge is 0.303 e. The Morgan fingerprint density at radius 3 is 2.33 bits per heavy atom. The highest BCUT2D eigenvalue weighted by Gasteiger charge is 2.32. The molecule has 2 aromatic rings. The zero-order valence-corrected chi connectivity index (χ0v) is 17.1. The third-order valence-corrected chi connectivity index (χ3v) is 5.65. The fourth-order valence-electron chi connectivity index (χ4n) is 4.06. The van der Waals surface area contributed by atoms with Crippen molar-refractivity contribution in [1.82, 2.24) is 0 Å². The van der Waals surface area contributed by atoms with Crippen molar-refractivity contribution in [2.75, 3.05) is 0 Å². The molecule has 0 heterocycles. The molecule has 2 N–H and O–H groups in total. The molecule has 0 aromatic heterocycles. The van der Waals surface area contributed by atoms with E-state index in [2.05, 4.69) is 0 Å². The highest BCUT2D eigenvalue weighted by molar-refractivity contribution is 6.32. The van der Waals surface area contributed by atoms with Gasteiger partial charge in [-0.2, -0.15) is 0 Å². The Morgan fingerprint density at radius 1 is 1.03 bits per heavy atom. The molecule has 0 spiro atoms. The maximum absolute atomic E-state index is 12.9. The summed E-state index contributed by atoms with van der Waals surface area (Å²) in [6.45, 7) is 0.324. The molecule has 0 saturated heterocycles. The molecular formula is C23H23ClO6. The lowest BCUT2D eigenvalue weighted by atomic mass is 9.77. The Balaban J connectivity index is 1.78. The Kier molecular flexibility index (Phi) is 7.11. The Hall–Kier alpha value is -2.86. The number of benzene rings is 2. The van der Waals surface area contributed by atoms with E-state index >= 15 is 0 Å². The molecule has 1 atom stereocenters. The van der Waals surface area contributed by atoms with Crippen molar-refractivity contribution >= 4 is 29.3 Å². The van der Waals surface area contributed by atoms with Gasteiger partial charge in [0.2, 0.25) is 0 Å². The molecule has 2 aromatic carbocycles. The van der Waals surface area contributed by atoms with Crippen molar-refractivity contribution < 1.29 is 29.3 Å². The molecule has 1 aliphatic carbocycles. The van der Waals surface area contributed by atoms with E-state index in [-0.39, 0.29) is 31.0 Å². The molecule has 0 saturated carbocycles. The highest BCUT2D eigenvalue weighted by Crippen LogP contribution is 2.39. The molecule has 3 rings (SSSR count). The number of rotatable bonds is 9. The van der Waals surface area contributed by atoms with Gasteiger partial charge in [0.25, 0.3) is 0 Å². The standard InChI is InChI=1S/C23H23ClO6/c24-18-6-7-20(30-13-14-4-2-1-3-5-14)23-17(18)9-15(10-19(23)25)8-16(11-21(26)27)12-22(28)29/h1-7,15-16H,8-13H2,(H,26,27)(H,28,29). The summed E-state index contributed by atoms with van der Waals surface area (Å²) in [5, 5.41) is 18.6. The third kappa shape index (κ3) is 5.60. The van der Waals surface area contributed by atoms with E-state index in [0.29, 0.717) is 41.3 Å². The van der Waals surface area contributed by atoms with Crippen molar-refractivity contribution in [2.45, 2.75) is 38.7 Å². The first kappa shape index (κ1) is 21.8. The van der Waals surface area contributed by atoms with Crippen molar-refractivity contribution in [2.24, 2.45) is 11.8 Å². The van der Waals surface area contributed by atoms with Gasteiger partial charge < -0.3 is 14.9 Å². The summed E-state index contributed by atoms with van der Waals surface area (Å²) in [7, 11) is 0. The SMILES string of the molecule is O=C(O)CC(CC(=O)O)CC1CC(=O)c2c(OCc3ccccc3)ccc(Cl)c2C1. The lowest BCUT2D eigenvalue weighted by Crippen LogP contribution is -2.25. The van der Waals surface area contributed by atoms with Crippen LogP contribution in [0.15, 0.2) is 42.5 Å². The fraction of sp³-hybridized carbons (Fsp3) is 0.348. The molecule has 0 amide bonds. The highest BCUT2D eigenvalue weighted by atomic mass is 35.5. The van der Waals surface area contributed by atoms with Crippen molar-refractivity contribution in [3.05, 3.63) is 64.2 Å². The maximum Gasteiger partial charge on any atom is 0.303 e. The average Bonchev–Trinajstić information content (AvgIpc) is 2.67. The number of carboxylic acids is 2. The molecule has 1 aliphatic rings. The molecular weight excluding hydrogens is 408 g/mol. The first-order valence-electron chi connectivity index (χ1n) is 9.78. The van der Waals surface area contributed by atoms with E-state index in [4.69, 9.17) is 26.6 Å². The van der Waals surface area contributed by atoms with Crippen LogP contribution in [-0.4, -0.2) is 27.9 Å². The quantitative estimate of drug-likeness (QED) is 0.602. The van der Waals surface area contributed by atoms with E-state index in [0.717, 1.165) is 5.56 Å². The number of fused-ring (bicyclic) bond motifs is 1. The van der Waals surface area contributed by atoms with Crippen LogP contribution in [0.3, 0.4) is 0 Å². The first-order chi connectivity index (χ1) is 14.3. The number of hydrogen-bond donors (Lipinski definition) is 2. The van der Waals surface area contributed by atoms with Crippen LogP contribution in [0.4, 0.5) is 0 Å². The van der Waals surface area contributed by atoms with Gasteiger partial charge in [-0.15, -0.1) is 0 Å². The number of ether oxygens (including phenoxy) is 1. The van der Waals surface area contributed by atoms with Crippen LogP contribution in [0.5, 0.6) is 5.75 Å². The Morgan fingerprint density at radius 2 is 1.70 bits per heavy atom. The van der Waals surface area contributed by atoms with Crippen molar-refractivity contribution in [3.63, 3.8) is 0 Å². The second kappa shape index (κ2) is 9.76. The molecule has 0 radical (unpaired) electrons. The summed E-state index contributed by atoms with van der Waals surface area (Å²) in [6, 6.07) is 13.0. The van der Waals surface area contributed by atoms with Gasteiger partial charge in [-0.25, -0.2) is 0 Å². The number of hydrogen-bond acceptors (Lipinski definition) is 4.